The summed E-state index contributed by atoms with van der Waals surface area (Å²) in [5.74, 6) is 0.891. The monoisotopic (exact) mass is 275 g/mol. The predicted octanol–water partition coefficient (Wildman–Crippen LogP) is 0.528. The van der Waals surface area contributed by atoms with Gasteiger partial charge in [0, 0.05) is 13.6 Å². The number of likely N-dealkylation sites (N-methyl/N-ethyl adjacent to an activating group) is 1. The lowest BCUT2D eigenvalue weighted by molar-refractivity contribution is -0.131. The molecule has 0 atom stereocenters. The van der Waals surface area contributed by atoms with E-state index in [1.807, 2.05) is 24.3 Å². The van der Waals surface area contributed by atoms with Crippen LogP contribution in [0.25, 0.3) is 0 Å². The van der Waals surface area contributed by atoms with E-state index in [2.05, 4.69) is 10.1 Å². The lowest BCUT2D eigenvalue weighted by Crippen LogP contribution is -2.30. The molecule has 0 spiro atoms. The highest BCUT2D eigenvalue weighted by Crippen LogP contribution is 2.12. The first-order valence-corrected chi connectivity index (χ1v) is 6.10. The van der Waals surface area contributed by atoms with Crippen molar-refractivity contribution in [2.45, 2.75) is 13.1 Å². The highest BCUT2D eigenvalue weighted by molar-refractivity contribution is 5.75. The second-order valence-electron chi connectivity index (χ2n) is 4.40. The van der Waals surface area contributed by atoms with Gasteiger partial charge in [-0.3, -0.25) is 4.79 Å². The summed E-state index contributed by atoms with van der Waals surface area (Å²) in [4.78, 5) is 17.4. The van der Waals surface area contributed by atoms with Crippen LogP contribution < -0.4 is 10.5 Å². The topological polar surface area (TPSA) is 86.3 Å². The molecule has 20 heavy (non-hydrogen) atoms. The molecule has 0 fully saturated rings. The van der Waals surface area contributed by atoms with Crippen LogP contribution in [0.2, 0.25) is 0 Å². The molecule has 0 unspecified atom stereocenters. The van der Waals surface area contributed by atoms with E-state index >= 15 is 0 Å². The number of benzene rings is 1. The maximum absolute atomic E-state index is 12.0. The quantitative estimate of drug-likeness (QED) is 0.860. The van der Waals surface area contributed by atoms with E-state index in [-0.39, 0.29) is 18.4 Å². The third-order valence-corrected chi connectivity index (χ3v) is 2.86. The smallest absolute Gasteiger partial charge is 0.244 e. The molecule has 7 nitrogen and oxygen atoms in total. The molecule has 1 amide bonds. The number of nitrogens with zero attached hydrogens (tertiary/aromatic N) is 4. The molecular weight excluding hydrogens is 258 g/mol. The molecular formula is C13H17N5O2. The fourth-order valence-corrected chi connectivity index (χ4v) is 1.74. The van der Waals surface area contributed by atoms with E-state index in [4.69, 9.17) is 10.5 Å². The first kappa shape index (κ1) is 13.9. The van der Waals surface area contributed by atoms with Gasteiger partial charge in [-0.05, 0) is 17.7 Å². The van der Waals surface area contributed by atoms with Crippen molar-refractivity contribution in [2.75, 3.05) is 19.9 Å². The summed E-state index contributed by atoms with van der Waals surface area (Å²) in [5.41, 5.74) is 6.43. The van der Waals surface area contributed by atoms with Crippen molar-refractivity contribution in [3.05, 3.63) is 36.2 Å². The van der Waals surface area contributed by atoms with E-state index in [9.17, 15) is 4.79 Å². The lowest BCUT2D eigenvalue weighted by atomic mass is 10.2. The molecule has 0 radical (unpaired) electrons. The minimum Gasteiger partial charge on any atom is -0.497 e. The number of hydrogen-bond acceptors (Lipinski definition) is 5. The van der Waals surface area contributed by atoms with Gasteiger partial charge >= 0.3 is 0 Å². The predicted molar refractivity (Wildman–Crippen MR) is 73.9 cm³/mol. The van der Waals surface area contributed by atoms with Crippen LogP contribution in [0.15, 0.2) is 30.6 Å². The summed E-state index contributed by atoms with van der Waals surface area (Å²) in [6.07, 6.45) is 1.44. The van der Waals surface area contributed by atoms with Gasteiger partial charge in [0.25, 0.3) is 0 Å². The molecule has 0 saturated carbocycles. The standard InChI is InChI=1S/C13H17N5O2/c1-17(7-10-3-5-11(20-2)6-4-10)12(19)8-18-9-15-13(14)16-18/h3-6,9H,7-8H2,1-2H3,(H2,14,16). The molecule has 0 bridgehead atoms. The zero-order valence-electron chi connectivity index (χ0n) is 11.5. The molecule has 0 aliphatic carbocycles. The average Bonchev–Trinajstić information content (AvgIpc) is 2.85. The first-order valence-electron chi connectivity index (χ1n) is 6.10. The molecule has 2 aromatic rings. The van der Waals surface area contributed by atoms with E-state index in [1.165, 1.54) is 11.0 Å². The second-order valence-corrected chi connectivity index (χ2v) is 4.40. The normalized spacial score (nSPS) is 10.3. The molecule has 2 rings (SSSR count). The lowest BCUT2D eigenvalue weighted by Gasteiger charge is -2.17. The maximum atomic E-state index is 12.0. The Morgan fingerprint density at radius 3 is 2.65 bits per heavy atom. The molecule has 0 aliphatic rings. The van der Waals surface area contributed by atoms with E-state index in [0.717, 1.165) is 11.3 Å². The van der Waals surface area contributed by atoms with Crippen molar-refractivity contribution in [1.82, 2.24) is 19.7 Å². The van der Waals surface area contributed by atoms with Crippen LogP contribution in [0.1, 0.15) is 5.56 Å². The van der Waals surface area contributed by atoms with Gasteiger partial charge < -0.3 is 15.4 Å². The number of ether oxygens (including phenoxy) is 1. The summed E-state index contributed by atoms with van der Waals surface area (Å²) in [5, 5.41) is 3.88. The van der Waals surface area contributed by atoms with Crippen molar-refractivity contribution in [3.63, 3.8) is 0 Å². The number of rotatable bonds is 5. The van der Waals surface area contributed by atoms with Gasteiger partial charge in [0.1, 0.15) is 18.6 Å². The van der Waals surface area contributed by atoms with Gasteiger partial charge in [-0.25, -0.2) is 9.67 Å². The van der Waals surface area contributed by atoms with Crippen LogP contribution in [0.4, 0.5) is 5.95 Å². The summed E-state index contributed by atoms with van der Waals surface area (Å²) < 4.78 is 6.51. The fourth-order valence-electron chi connectivity index (χ4n) is 1.74. The summed E-state index contributed by atoms with van der Waals surface area (Å²) >= 11 is 0. The molecule has 1 aromatic heterocycles. The SMILES string of the molecule is COc1ccc(CN(C)C(=O)Cn2cnc(N)n2)cc1. The maximum Gasteiger partial charge on any atom is 0.244 e. The van der Waals surface area contributed by atoms with Gasteiger partial charge in [-0.2, -0.15) is 0 Å². The number of carbonyl (C=O) groups excluding carboxylic acids is 1. The molecule has 1 heterocycles. The van der Waals surface area contributed by atoms with Crippen molar-refractivity contribution in [3.8, 4) is 5.75 Å². The Kier molecular flexibility index (Phi) is 4.19. The Morgan fingerprint density at radius 1 is 1.40 bits per heavy atom. The Balaban J connectivity index is 1.92. The van der Waals surface area contributed by atoms with E-state index in [0.29, 0.717) is 6.54 Å². The number of hydrogen-bond donors (Lipinski definition) is 1. The van der Waals surface area contributed by atoms with Crippen molar-refractivity contribution in [2.24, 2.45) is 0 Å². The molecule has 0 saturated heterocycles. The van der Waals surface area contributed by atoms with Gasteiger partial charge in [0.15, 0.2) is 0 Å². The number of nitrogens with two attached hydrogens (primary N) is 1. The van der Waals surface area contributed by atoms with Crippen LogP contribution in [0.5, 0.6) is 5.75 Å². The van der Waals surface area contributed by atoms with E-state index in [1.54, 1.807) is 19.1 Å². The highest BCUT2D eigenvalue weighted by Gasteiger charge is 2.11. The second kappa shape index (κ2) is 6.05. The average molecular weight is 275 g/mol. The van der Waals surface area contributed by atoms with Crippen LogP contribution in [0, 0.1) is 0 Å². The molecule has 0 aliphatic heterocycles. The van der Waals surface area contributed by atoms with Crippen LogP contribution in [-0.4, -0.2) is 39.7 Å². The van der Waals surface area contributed by atoms with Gasteiger partial charge in [-0.15, -0.1) is 5.10 Å². The Bertz CT molecular complexity index is 579. The number of nitrogen functional groups attached to an aromatic ring is 1. The van der Waals surface area contributed by atoms with Crippen LogP contribution >= 0.6 is 0 Å². The zero-order valence-corrected chi connectivity index (χ0v) is 11.5. The van der Waals surface area contributed by atoms with Crippen molar-refractivity contribution < 1.29 is 9.53 Å². The molecule has 2 N–H and O–H groups in total. The van der Waals surface area contributed by atoms with E-state index < -0.39 is 0 Å². The zero-order chi connectivity index (χ0) is 14.5. The minimum atomic E-state index is -0.0641. The van der Waals surface area contributed by atoms with Gasteiger partial charge in [-0.1, -0.05) is 12.1 Å². The number of methoxy groups -OCH3 is 1. The summed E-state index contributed by atoms with van der Waals surface area (Å²) in [6.45, 7) is 0.643. The Morgan fingerprint density at radius 2 is 2.10 bits per heavy atom. The van der Waals surface area contributed by atoms with Crippen molar-refractivity contribution >= 4 is 11.9 Å². The molecule has 7 heteroatoms. The molecule has 106 valence electrons. The van der Waals surface area contributed by atoms with Crippen LogP contribution in [-0.2, 0) is 17.9 Å². The fraction of sp³-hybridized carbons (Fsp3) is 0.308. The summed E-state index contributed by atoms with van der Waals surface area (Å²) in [6, 6.07) is 7.59. The first-order chi connectivity index (χ1) is 9.58. The largest absolute Gasteiger partial charge is 0.497 e. The number of aromatic nitrogens is 3. The minimum absolute atomic E-state index is 0.0641. The highest BCUT2D eigenvalue weighted by atomic mass is 16.5. The summed E-state index contributed by atoms with van der Waals surface area (Å²) in [7, 11) is 3.36. The Hall–Kier alpha value is -2.57. The van der Waals surface area contributed by atoms with Gasteiger partial charge in [0.05, 0.1) is 7.11 Å². The number of anilines is 1. The Labute approximate surface area is 117 Å². The molecule has 1 aromatic carbocycles. The van der Waals surface area contributed by atoms with Gasteiger partial charge in [0.2, 0.25) is 11.9 Å². The third-order valence-electron chi connectivity index (χ3n) is 2.86. The van der Waals surface area contributed by atoms with Crippen molar-refractivity contribution in [1.29, 1.82) is 0 Å². The van der Waals surface area contributed by atoms with Crippen LogP contribution in [0.3, 0.4) is 0 Å². The third kappa shape index (κ3) is 3.47. The number of amides is 1. The number of carbonyl (C=O) groups is 1.